The number of hydrogen-bond acceptors (Lipinski definition) is 3. The number of aromatic nitrogens is 1. The first-order valence-corrected chi connectivity index (χ1v) is 8.78. The van der Waals surface area contributed by atoms with Gasteiger partial charge in [-0.25, -0.2) is 0 Å². The van der Waals surface area contributed by atoms with Gasteiger partial charge in [-0.2, -0.15) is 0 Å². The second-order valence-electron chi connectivity index (χ2n) is 6.42. The van der Waals surface area contributed by atoms with Crippen molar-refractivity contribution in [3.8, 4) is 0 Å². The Kier molecular flexibility index (Phi) is 4.69. The quantitative estimate of drug-likeness (QED) is 0.876. The molecule has 23 heavy (non-hydrogen) atoms. The van der Waals surface area contributed by atoms with Crippen LogP contribution < -0.4 is 0 Å². The summed E-state index contributed by atoms with van der Waals surface area (Å²) in [5, 5.41) is 10.5. The van der Waals surface area contributed by atoms with Crippen molar-refractivity contribution in [2.24, 2.45) is 5.92 Å². The van der Waals surface area contributed by atoms with Gasteiger partial charge in [-0.1, -0.05) is 22.0 Å². The first kappa shape index (κ1) is 16.4. The maximum absolute atomic E-state index is 11.5. The number of benzene rings is 1. The Morgan fingerprint density at radius 1 is 1.39 bits per heavy atom. The fourth-order valence-corrected chi connectivity index (χ4v) is 4.16. The van der Waals surface area contributed by atoms with E-state index in [0.717, 1.165) is 40.3 Å². The van der Waals surface area contributed by atoms with Crippen molar-refractivity contribution >= 4 is 32.8 Å². The summed E-state index contributed by atoms with van der Waals surface area (Å²) < 4.78 is 1.03. The molecule has 1 N–H and O–H groups in total. The summed E-state index contributed by atoms with van der Waals surface area (Å²) >= 11 is 3.57. The van der Waals surface area contributed by atoms with Gasteiger partial charge in [-0.3, -0.25) is 14.7 Å². The number of aliphatic carboxylic acids is 1. The van der Waals surface area contributed by atoms with Gasteiger partial charge in [0.1, 0.15) is 0 Å². The second kappa shape index (κ2) is 6.57. The molecular weight excluding hydrogens is 356 g/mol. The van der Waals surface area contributed by atoms with Gasteiger partial charge >= 0.3 is 5.97 Å². The van der Waals surface area contributed by atoms with Gasteiger partial charge in [0.05, 0.1) is 11.4 Å². The SMILES string of the molecule is C[C@@H]1CC[C@H](C(=O)O)[C@H](C)N1Cc1cc(Br)cc2cccnc12. The van der Waals surface area contributed by atoms with Gasteiger partial charge < -0.3 is 5.11 Å². The van der Waals surface area contributed by atoms with Crippen LogP contribution in [-0.4, -0.2) is 33.0 Å². The summed E-state index contributed by atoms with van der Waals surface area (Å²) in [5.74, 6) is -0.982. The number of carboxylic acid groups (broad SMARTS) is 1. The van der Waals surface area contributed by atoms with Gasteiger partial charge in [0.2, 0.25) is 0 Å². The molecular formula is C18H21BrN2O2. The standard InChI is InChI=1S/C18H21BrN2O2/c1-11-5-6-16(18(22)23)12(2)21(11)10-14-9-15(19)8-13-4-3-7-20-17(13)14/h3-4,7-9,11-12,16H,5-6,10H2,1-2H3,(H,22,23)/t11-,12+,16+/m1/s1. The van der Waals surface area contributed by atoms with E-state index in [2.05, 4.69) is 50.9 Å². The van der Waals surface area contributed by atoms with E-state index in [1.54, 1.807) is 0 Å². The highest BCUT2D eigenvalue weighted by Gasteiger charge is 2.36. The third-order valence-corrected chi connectivity index (χ3v) is 5.44. The summed E-state index contributed by atoms with van der Waals surface area (Å²) in [7, 11) is 0. The van der Waals surface area contributed by atoms with E-state index in [1.165, 1.54) is 0 Å². The van der Waals surface area contributed by atoms with E-state index >= 15 is 0 Å². The lowest BCUT2D eigenvalue weighted by Crippen LogP contribution is -2.50. The normalized spacial score (nSPS) is 25.6. The van der Waals surface area contributed by atoms with Crippen LogP contribution in [0.3, 0.4) is 0 Å². The van der Waals surface area contributed by atoms with Crippen LogP contribution in [-0.2, 0) is 11.3 Å². The van der Waals surface area contributed by atoms with Crippen molar-refractivity contribution < 1.29 is 9.90 Å². The van der Waals surface area contributed by atoms with Gasteiger partial charge in [0, 0.05) is 34.7 Å². The topological polar surface area (TPSA) is 53.4 Å². The van der Waals surface area contributed by atoms with E-state index in [9.17, 15) is 9.90 Å². The summed E-state index contributed by atoms with van der Waals surface area (Å²) in [6.07, 6.45) is 3.48. The van der Waals surface area contributed by atoms with Crippen molar-refractivity contribution in [2.45, 2.75) is 45.3 Å². The van der Waals surface area contributed by atoms with E-state index in [4.69, 9.17) is 0 Å². The van der Waals surface area contributed by atoms with Crippen molar-refractivity contribution in [1.82, 2.24) is 9.88 Å². The Balaban J connectivity index is 1.95. The largest absolute Gasteiger partial charge is 0.481 e. The van der Waals surface area contributed by atoms with Crippen molar-refractivity contribution in [3.05, 3.63) is 40.5 Å². The lowest BCUT2D eigenvalue weighted by molar-refractivity contribution is -0.146. The fraction of sp³-hybridized carbons (Fsp3) is 0.444. The Bertz CT molecular complexity index is 734. The average Bonchev–Trinajstić information content (AvgIpc) is 2.50. The van der Waals surface area contributed by atoms with E-state index in [1.807, 2.05) is 19.2 Å². The predicted molar refractivity (Wildman–Crippen MR) is 94.3 cm³/mol. The molecule has 1 aliphatic rings. The summed E-state index contributed by atoms with van der Waals surface area (Å²) in [6, 6.07) is 8.55. The molecule has 2 aromatic rings. The van der Waals surface area contributed by atoms with Gasteiger partial charge in [0.25, 0.3) is 0 Å². The maximum atomic E-state index is 11.5. The van der Waals surface area contributed by atoms with Crippen LogP contribution in [0.5, 0.6) is 0 Å². The molecule has 0 aliphatic carbocycles. The minimum absolute atomic E-state index is 0.0222. The molecule has 122 valence electrons. The molecule has 5 heteroatoms. The van der Waals surface area contributed by atoms with Crippen LogP contribution in [0.25, 0.3) is 10.9 Å². The molecule has 4 nitrogen and oxygen atoms in total. The highest BCUT2D eigenvalue weighted by atomic mass is 79.9. The van der Waals surface area contributed by atoms with Crippen LogP contribution in [0.4, 0.5) is 0 Å². The minimum atomic E-state index is -0.688. The molecule has 1 aromatic carbocycles. The molecule has 3 atom stereocenters. The van der Waals surface area contributed by atoms with Crippen LogP contribution in [0, 0.1) is 5.92 Å². The number of hydrogen-bond donors (Lipinski definition) is 1. The zero-order chi connectivity index (χ0) is 16.6. The molecule has 0 unspecified atom stereocenters. The van der Waals surface area contributed by atoms with E-state index in [-0.39, 0.29) is 12.0 Å². The Labute approximate surface area is 144 Å². The van der Waals surface area contributed by atoms with Crippen molar-refractivity contribution in [1.29, 1.82) is 0 Å². The number of rotatable bonds is 3. The monoisotopic (exact) mass is 376 g/mol. The smallest absolute Gasteiger partial charge is 0.308 e. The lowest BCUT2D eigenvalue weighted by atomic mass is 9.86. The molecule has 1 aromatic heterocycles. The molecule has 0 spiro atoms. The molecule has 0 saturated carbocycles. The minimum Gasteiger partial charge on any atom is -0.481 e. The van der Waals surface area contributed by atoms with E-state index < -0.39 is 5.97 Å². The molecule has 0 amide bonds. The Hall–Kier alpha value is -1.46. The first-order chi connectivity index (χ1) is 11.0. The van der Waals surface area contributed by atoms with Crippen molar-refractivity contribution in [3.63, 3.8) is 0 Å². The number of piperidine rings is 1. The van der Waals surface area contributed by atoms with Crippen molar-refractivity contribution in [2.75, 3.05) is 0 Å². The number of pyridine rings is 1. The molecule has 0 bridgehead atoms. The van der Waals surface area contributed by atoms with Crippen LogP contribution in [0.2, 0.25) is 0 Å². The molecule has 1 saturated heterocycles. The molecule has 1 aliphatic heterocycles. The average molecular weight is 377 g/mol. The van der Waals surface area contributed by atoms with E-state index in [0.29, 0.717) is 6.04 Å². The molecule has 3 rings (SSSR count). The highest BCUT2D eigenvalue weighted by molar-refractivity contribution is 9.10. The number of carboxylic acids is 1. The second-order valence-corrected chi connectivity index (χ2v) is 7.34. The summed E-state index contributed by atoms with van der Waals surface area (Å²) in [4.78, 5) is 18.3. The number of fused-ring (bicyclic) bond motifs is 1. The Morgan fingerprint density at radius 3 is 2.91 bits per heavy atom. The Morgan fingerprint density at radius 2 is 2.17 bits per heavy atom. The zero-order valence-corrected chi connectivity index (χ0v) is 15.0. The number of carbonyl (C=O) groups is 1. The zero-order valence-electron chi connectivity index (χ0n) is 13.4. The molecule has 0 radical (unpaired) electrons. The molecule has 1 fully saturated rings. The number of nitrogens with zero attached hydrogens (tertiary/aromatic N) is 2. The van der Waals surface area contributed by atoms with Gasteiger partial charge in [0.15, 0.2) is 0 Å². The third-order valence-electron chi connectivity index (χ3n) is 4.99. The van der Waals surface area contributed by atoms with Crippen LogP contribution >= 0.6 is 15.9 Å². The lowest BCUT2D eigenvalue weighted by Gasteiger charge is -2.42. The summed E-state index contributed by atoms with van der Waals surface area (Å²) in [6.45, 7) is 4.93. The number of halogens is 1. The summed E-state index contributed by atoms with van der Waals surface area (Å²) in [5.41, 5.74) is 2.13. The third kappa shape index (κ3) is 3.26. The van der Waals surface area contributed by atoms with Crippen LogP contribution in [0.15, 0.2) is 34.9 Å². The maximum Gasteiger partial charge on any atom is 0.308 e. The molecule has 2 heterocycles. The first-order valence-electron chi connectivity index (χ1n) is 7.99. The van der Waals surface area contributed by atoms with Gasteiger partial charge in [-0.15, -0.1) is 0 Å². The predicted octanol–water partition coefficient (Wildman–Crippen LogP) is 4.07. The highest BCUT2D eigenvalue weighted by Crippen LogP contribution is 2.31. The van der Waals surface area contributed by atoms with Crippen LogP contribution in [0.1, 0.15) is 32.3 Å². The van der Waals surface area contributed by atoms with Gasteiger partial charge in [-0.05, 0) is 50.5 Å². The fourth-order valence-electron chi connectivity index (χ4n) is 3.63. The number of likely N-dealkylation sites (tertiary alicyclic amines) is 1.